The van der Waals surface area contributed by atoms with E-state index in [1.807, 2.05) is 11.8 Å². The van der Waals surface area contributed by atoms with Gasteiger partial charge in [-0.3, -0.25) is 0 Å². The molecule has 0 radical (unpaired) electrons. The van der Waals surface area contributed by atoms with E-state index >= 15 is 0 Å². The molecule has 0 aliphatic rings. The first kappa shape index (κ1) is 14.1. The van der Waals surface area contributed by atoms with Crippen LogP contribution in [0.3, 0.4) is 0 Å². The molecule has 0 heterocycles. The van der Waals surface area contributed by atoms with E-state index in [4.69, 9.17) is 5.73 Å². The fourth-order valence-electron chi connectivity index (χ4n) is 1.51. The molecule has 17 heavy (non-hydrogen) atoms. The predicted octanol–water partition coefficient (Wildman–Crippen LogP) is 3.49. The fraction of sp³-hybridized carbons (Fsp3) is 0.500. The topological polar surface area (TPSA) is 38.0 Å². The van der Waals surface area contributed by atoms with Gasteiger partial charge in [-0.25, -0.2) is 8.78 Å². The molecule has 0 saturated heterocycles. The van der Waals surface area contributed by atoms with Crippen LogP contribution >= 0.6 is 11.8 Å². The number of halogens is 2. The van der Waals surface area contributed by atoms with Crippen molar-refractivity contribution < 1.29 is 8.78 Å². The Balaban J connectivity index is 2.39. The van der Waals surface area contributed by atoms with E-state index in [2.05, 4.69) is 11.6 Å². The molecule has 0 saturated carbocycles. The number of unbranched alkanes of at least 4 members (excludes halogenated alkanes) is 2. The third kappa shape index (κ3) is 4.42. The van der Waals surface area contributed by atoms with E-state index in [-0.39, 0.29) is 11.4 Å². The van der Waals surface area contributed by atoms with Gasteiger partial charge in [0.2, 0.25) is 0 Å². The van der Waals surface area contributed by atoms with Crippen molar-refractivity contribution in [3.63, 3.8) is 0 Å². The van der Waals surface area contributed by atoms with Gasteiger partial charge in [0.1, 0.15) is 0 Å². The predicted molar refractivity (Wildman–Crippen MR) is 71.5 cm³/mol. The van der Waals surface area contributed by atoms with Crippen LogP contribution in [-0.2, 0) is 0 Å². The summed E-state index contributed by atoms with van der Waals surface area (Å²) in [5.74, 6) is -0.630. The maximum atomic E-state index is 13.4. The van der Waals surface area contributed by atoms with Gasteiger partial charge >= 0.3 is 0 Å². The number of nitrogen functional groups attached to an aromatic ring is 1. The number of nitrogens with two attached hydrogens (primary N) is 1. The molecular formula is C12H18F2N2S. The van der Waals surface area contributed by atoms with Gasteiger partial charge in [-0.05, 0) is 37.0 Å². The number of benzene rings is 1. The maximum absolute atomic E-state index is 13.4. The minimum Gasteiger partial charge on any atom is -0.397 e. The van der Waals surface area contributed by atoms with Crippen LogP contribution in [0.4, 0.5) is 20.2 Å². The first-order chi connectivity index (χ1) is 8.16. The van der Waals surface area contributed by atoms with Crippen molar-refractivity contribution in [1.82, 2.24) is 0 Å². The SMILES string of the molecule is CSCCCCCNc1c(N)ccc(F)c1F. The lowest BCUT2D eigenvalue weighted by atomic mass is 10.2. The Morgan fingerprint density at radius 3 is 2.71 bits per heavy atom. The number of rotatable bonds is 7. The van der Waals surface area contributed by atoms with Crippen molar-refractivity contribution in [1.29, 1.82) is 0 Å². The monoisotopic (exact) mass is 260 g/mol. The van der Waals surface area contributed by atoms with E-state index < -0.39 is 11.6 Å². The smallest absolute Gasteiger partial charge is 0.183 e. The summed E-state index contributed by atoms with van der Waals surface area (Å²) in [5, 5.41) is 2.85. The molecule has 1 aromatic rings. The molecule has 3 N–H and O–H groups in total. The standard InChI is InChI=1S/C12H18F2N2S/c1-17-8-4-2-3-7-16-12-10(15)6-5-9(13)11(12)14/h5-6,16H,2-4,7-8,15H2,1H3. The number of anilines is 2. The van der Waals surface area contributed by atoms with Crippen molar-refractivity contribution >= 4 is 23.1 Å². The maximum Gasteiger partial charge on any atom is 0.183 e. The Morgan fingerprint density at radius 1 is 1.24 bits per heavy atom. The Hall–Kier alpha value is -0.970. The van der Waals surface area contributed by atoms with Crippen LogP contribution in [0.5, 0.6) is 0 Å². The van der Waals surface area contributed by atoms with Crippen molar-refractivity contribution in [2.75, 3.05) is 29.6 Å². The van der Waals surface area contributed by atoms with Crippen molar-refractivity contribution in [2.45, 2.75) is 19.3 Å². The number of thioether (sulfide) groups is 1. The van der Waals surface area contributed by atoms with Crippen LogP contribution in [0.1, 0.15) is 19.3 Å². The van der Waals surface area contributed by atoms with Crippen molar-refractivity contribution in [3.8, 4) is 0 Å². The van der Waals surface area contributed by atoms with Gasteiger partial charge in [-0.2, -0.15) is 11.8 Å². The Morgan fingerprint density at radius 2 is 2.00 bits per heavy atom. The highest BCUT2D eigenvalue weighted by atomic mass is 32.2. The third-order valence-electron chi connectivity index (χ3n) is 2.45. The lowest BCUT2D eigenvalue weighted by Crippen LogP contribution is -2.07. The second-order valence-corrected chi connectivity index (χ2v) is 4.79. The van der Waals surface area contributed by atoms with Crippen molar-refractivity contribution in [2.24, 2.45) is 0 Å². The molecule has 0 unspecified atom stereocenters. The van der Waals surface area contributed by atoms with Gasteiger partial charge in [0, 0.05) is 6.54 Å². The van der Waals surface area contributed by atoms with E-state index in [1.165, 1.54) is 6.07 Å². The molecule has 96 valence electrons. The summed E-state index contributed by atoms with van der Waals surface area (Å²) in [4.78, 5) is 0. The van der Waals surface area contributed by atoms with Gasteiger partial charge in [-0.15, -0.1) is 0 Å². The Kier molecular flexibility index (Phi) is 6.11. The van der Waals surface area contributed by atoms with Gasteiger partial charge < -0.3 is 11.1 Å². The van der Waals surface area contributed by atoms with Gasteiger partial charge in [0.25, 0.3) is 0 Å². The minimum absolute atomic E-state index is 0.0786. The highest BCUT2D eigenvalue weighted by Gasteiger charge is 2.10. The molecule has 2 nitrogen and oxygen atoms in total. The third-order valence-corrected chi connectivity index (χ3v) is 3.15. The first-order valence-electron chi connectivity index (χ1n) is 5.63. The lowest BCUT2D eigenvalue weighted by molar-refractivity contribution is 0.511. The normalized spacial score (nSPS) is 10.5. The van der Waals surface area contributed by atoms with Gasteiger partial charge in [-0.1, -0.05) is 6.42 Å². The fourth-order valence-corrected chi connectivity index (χ4v) is 2.00. The summed E-state index contributed by atoms with van der Waals surface area (Å²) in [6.45, 7) is 0.610. The van der Waals surface area contributed by atoms with Crippen molar-refractivity contribution in [3.05, 3.63) is 23.8 Å². The largest absolute Gasteiger partial charge is 0.397 e. The molecule has 0 atom stereocenters. The zero-order valence-electron chi connectivity index (χ0n) is 9.93. The molecule has 5 heteroatoms. The van der Waals surface area contributed by atoms with E-state index in [1.54, 1.807) is 0 Å². The number of nitrogens with one attached hydrogen (secondary N) is 1. The second-order valence-electron chi connectivity index (χ2n) is 3.81. The number of hydrogen-bond donors (Lipinski definition) is 2. The zero-order valence-corrected chi connectivity index (χ0v) is 10.7. The van der Waals surface area contributed by atoms with E-state index in [9.17, 15) is 8.78 Å². The molecule has 0 aliphatic heterocycles. The Labute approximate surface area is 105 Å². The Bertz CT molecular complexity index is 359. The average Bonchev–Trinajstić information content (AvgIpc) is 2.32. The average molecular weight is 260 g/mol. The van der Waals surface area contributed by atoms with Crippen LogP contribution in [0.25, 0.3) is 0 Å². The summed E-state index contributed by atoms with van der Waals surface area (Å²) in [7, 11) is 0. The summed E-state index contributed by atoms with van der Waals surface area (Å²) < 4.78 is 26.3. The molecule has 0 aromatic heterocycles. The quantitative estimate of drug-likeness (QED) is 0.582. The molecule has 1 rings (SSSR count). The molecule has 0 spiro atoms. The minimum atomic E-state index is -0.894. The van der Waals surface area contributed by atoms with E-state index in [0.717, 1.165) is 31.1 Å². The summed E-state index contributed by atoms with van der Waals surface area (Å²) in [5.41, 5.74) is 5.90. The molecule has 0 amide bonds. The first-order valence-corrected chi connectivity index (χ1v) is 7.02. The summed E-state index contributed by atoms with van der Waals surface area (Å²) in [6.07, 6.45) is 5.21. The van der Waals surface area contributed by atoms with Crippen LogP contribution < -0.4 is 11.1 Å². The zero-order chi connectivity index (χ0) is 12.7. The molecular weight excluding hydrogens is 242 g/mol. The van der Waals surface area contributed by atoms with E-state index in [0.29, 0.717) is 6.54 Å². The summed E-state index contributed by atoms with van der Waals surface area (Å²) >= 11 is 1.81. The van der Waals surface area contributed by atoms with Gasteiger partial charge in [0.05, 0.1) is 11.4 Å². The molecule has 1 aromatic carbocycles. The van der Waals surface area contributed by atoms with Crippen LogP contribution in [0.15, 0.2) is 12.1 Å². The second kappa shape index (κ2) is 7.37. The highest BCUT2D eigenvalue weighted by molar-refractivity contribution is 7.98. The van der Waals surface area contributed by atoms with Crippen LogP contribution in [0.2, 0.25) is 0 Å². The van der Waals surface area contributed by atoms with Gasteiger partial charge in [0.15, 0.2) is 11.6 Å². The van der Waals surface area contributed by atoms with Crippen LogP contribution in [0, 0.1) is 11.6 Å². The molecule has 0 aliphatic carbocycles. The number of hydrogen-bond acceptors (Lipinski definition) is 3. The lowest BCUT2D eigenvalue weighted by Gasteiger charge is -2.10. The molecule has 0 fully saturated rings. The molecule has 0 bridgehead atoms. The summed E-state index contributed by atoms with van der Waals surface area (Å²) in [6, 6.07) is 2.41. The van der Waals surface area contributed by atoms with Crippen LogP contribution in [-0.4, -0.2) is 18.6 Å². The highest BCUT2D eigenvalue weighted by Crippen LogP contribution is 2.24.